The Morgan fingerprint density at radius 3 is 2.77 bits per heavy atom. The minimum absolute atomic E-state index is 0.0544. The number of rotatable bonds is 5. The third kappa shape index (κ3) is 4.24. The molecule has 1 fully saturated rings. The van der Waals surface area contributed by atoms with E-state index in [1.807, 2.05) is 0 Å². The van der Waals surface area contributed by atoms with Crippen molar-refractivity contribution in [3.63, 3.8) is 0 Å². The molecule has 0 radical (unpaired) electrons. The SMILES string of the molecule is Cc1cc(-c2cc(=O)[nH]nc2C2CCN(C(=O)COc3ccccc3F)CC2)on1. The summed E-state index contributed by atoms with van der Waals surface area (Å²) in [5.41, 5.74) is 1.74. The van der Waals surface area contributed by atoms with Gasteiger partial charge in [-0.3, -0.25) is 9.59 Å². The number of nitrogens with zero attached hydrogens (tertiary/aromatic N) is 3. The van der Waals surface area contributed by atoms with E-state index < -0.39 is 5.82 Å². The molecule has 3 aromatic rings. The van der Waals surface area contributed by atoms with Crippen molar-refractivity contribution in [1.29, 1.82) is 0 Å². The van der Waals surface area contributed by atoms with Crippen molar-refractivity contribution in [2.75, 3.05) is 19.7 Å². The molecule has 0 saturated carbocycles. The Hall–Kier alpha value is -3.49. The van der Waals surface area contributed by atoms with E-state index in [0.717, 1.165) is 5.69 Å². The highest BCUT2D eigenvalue weighted by molar-refractivity contribution is 5.78. The molecule has 0 spiro atoms. The van der Waals surface area contributed by atoms with Crippen molar-refractivity contribution in [3.05, 3.63) is 64.0 Å². The Morgan fingerprint density at radius 2 is 2.07 bits per heavy atom. The van der Waals surface area contributed by atoms with Gasteiger partial charge in [-0.05, 0) is 31.9 Å². The molecule has 1 amide bonds. The smallest absolute Gasteiger partial charge is 0.264 e. The van der Waals surface area contributed by atoms with Crippen LogP contribution in [-0.4, -0.2) is 45.9 Å². The summed E-state index contributed by atoms with van der Waals surface area (Å²) in [6, 6.07) is 9.22. The number of amides is 1. The van der Waals surface area contributed by atoms with Crippen LogP contribution in [0.1, 0.15) is 30.1 Å². The fraction of sp³-hybridized carbons (Fsp3) is 0.333. The van der Waals surface area contributed by atoms with Crippen molar-refractivity contribution < 1.29 is 18.4 Å². The lowest BCUT2D eigenvalue weighted by molar-refractivity contribution is -0.134. The monoisotopic (exact) mass is 412 g/mol. The number of aromatic nitrogens is 3. The summed E-state index contributed by atoms with van der Waals surface area (Å²) in [5, 5.41) is 10.6. The number of aryl methyl sites for hydroxylation is 1. The zero-order valence-corrected chi connectivity index (χ0v) is 16.4. The molecule has 1 aromatic carbocycles. The molecule has 0 aliphatic carbocycles. The Morgan fingerprint density at radius 1 is 1.30 bits per heavy atom. The highest BCUT2D eigenvalue weighted by Gasteiger charge is 2.28. The number of piperidine rings is 1. The Labute approximate surface area is 171 Å². The Balaban J connectivity index is 1.41. The number of carbonyl (C=O) groups is 1. The van der Waals surface area contributed by atoms with Gasteiger partial charge < -0.3 is 14.2 Å². The molecule has 1 aliphatic heterocycles. The molecule has 1 saturated heterocycles. The largest absolute Gasteiger partial charge is 0.481 e. The minimum Gasteiger partial charge on any atom is -0.481 e. The standard InChI is InChI=1S/C21H21FN4O4/c1-13-10-18(30-25-13)15-11-19(27)23-24-21(15)14-6-8-26(9-7-14)20(28)12-29-17-5-3-2-4-16(17)22/h2-5,10-11,14H,6-9,12H2,1H3,(H,23,27). The average molecular weight is 412 g/mol. The van der Waals surface area contributed by atoms with Crippen LogP contribution in [-0.2, 0) is 4.79 Å². The summed E-state index contributed by atoms with van der Waals surface area (Å²) >= 11 is 0. The number of benzene rings is 1. The number of aromatic amines is 1. The van der Waals surface area contributed by atoms with Gasteiger partial charge in [-0.15, -0.1) is 0 Å². The summed E-state index contributed by atoms with van der Waals surface area (Å²) in [6.07, 6.45) is 1.34. The second-order valence-corrected chi connectivity index (χ2v) is 7.24. The number of H-pyrrole nitrogens is 1. The number of hydrogen-bond donors (Lipinski definition) is 1. The first-order valence-electron chi connectivity index (χ1n) is 9.69. The van der Waals surface area contributed by atoms with E-state index in [2.05, 4.69) is 15.4 Å². The van der Waals surface area contributed by atoms with Gasteiger partial charge in [-0.2, -0.15) is 5.10 Å². The number of carbonyl (C=O) groups excluding carboxylic acids is 1. The van der Waals surface area contributed by atoms with Gasteiger partial charge in [0.1, 0.15) is 0 Å². The van der Waals surface area contributed by atoms with Gasteiger partial charge in [0.15, 0.2) is 23.9 Å². The minimum atomic E-state index is -0.497. The first kappa shape index (κ1) is 19.8. The number of ether oxygens (including phenoxy) is 1. The van der Waals surface area contributed by atoms with Gasteiger partial charge in [-0.25, -0.2) is 9.49 Å². The molecule has 4 rings (SSSR count). The van der Waals surface area contributed by atoms with Crippen LogP contribution < -0.4 is 10.3 Å². The van der Waals surface area contributed by atoms with Crippen LogP contribution in [0, 0.1) is 12.7 Å². The zero-order chi connectivity index (χ0) is 21.1. The molecule has 2 aromatic heterocycles. The van der Waals surface area contributed by atoms with Crippen molar-refractivity contribution in [1.82, 2.24) is 20.3 Å². The quantitative estimate of drug-likeness (QED) is 0.691. The van der Waals surface area contributed by atoms with Crippen LogP contribution in [0.5, 0.6) is 5.75 Å². The molecular formula is C21H21FN4O4. The van der Waals surface area contributed by atoms with Crippen molar-refractivity contribution in [2.45, 2.75) is 25.7 Å². The van der Waals surface area contributed by atoms with Gasteiger partial charge in [0, 0.05) is 36.7 Å². The maximum absolute atomic E-state index is 13.6. The predicted molar refractivity (Wildman–Crippen MR) is 106 cm³/mol. The Kier molecular flexibility index (Phi) is 5.60. The van der Waals surface area contributed by atoms with Gasteiger partial charge in [-0.1, -0.05) is 17.3 Å². The molecule has 8 nitrogen and oxygen atoms in total. The van der Waals surface area contributed by atoms with E-state index in [1.54, 1.807) is 30.0 Å². The summed E-state index contributed by atoms with van der Waals surface area (Å²) in [4.78, 5) is 25.9. The van der Waals surface area contributed by atoms with E-state index in [4.69, 9.17) is 9.26 Å². The first-order chi connectivity index (χ1) is 14.5. The summed E-state index contributed by atoms with van der Waals surface area (Å²) in [7, 11) is 0. The van der Waals surface area contributed by atoms with E-state index in [-0.39, 0.29) is 29.7 Å². The fourth-order valence-electron chi connectivity index (χ4n) is 3.61. The number of para-hydroxylation sites is 1. The van der Waals surface area contributed by atoms with Crippen LogP contribution in [0.3, 0.4) is 0 Å². The zero-order valence-electron chi connectivity index (χ0n) is 16.4. The second kappa shape index (κ2) is 8.48. The van der Waals surface area contributed by atoms with Gasteiger partial charge >= 0.3 is 0 Å². The molecular weight excluding hydrogens is 391 g/mol. The second-order valence-electron chi connectivity index (χ2n) is 7.24. The molecule has 30 heavy (non-hydrogen) atoms. The van der Waals surface area contributed by atoms with Gasteiger partial charge in [0.25, 0.3) is 11.5 Å². The molecule has 9 heteroatoms. The summed E-state index contributed by atoms with van der Waals surface area (Å²) in [5.74, 6) is -0.0811. The highest BCUT2D eigenvalue weighted by Crippen LogP contribution is 2.33. The van der Waals surface area contributed by atoms with E-state index >= 15 is 0 Å². The fourth-order valence-corrected chi connectivity index (χ4v) is 3.61. The average Bonchev–Trinajstić information content (AvgIpc) is 3.19. The third-order valence-corrected chi connectivity index (χ3v) is 5.15. The van der Waals surface area contributed by atoms with Crippen molar-refractivity contribution in [3.8, 4) is 17.1 Å². The lowest BCUT2D eigenvalue weighted by atomic mass is 9.90. The molecule has 0 unspecified atom stereocenters. The Bertz CT molecular complexity index is 1100. The first-order valence-corrected chi connectivity index (χ1v) is 9.69. The van der Waals surface area contributed by atoms with Crippen LogP contribution in [0.25, 0.3) is 11.3 Å². The van der Waals surface area contributed by atoms with E-state index in [1.165, 1.54) is 18.2 Å². The lowest BCUT2D eigenvalue weighted by Crippen LogP contribution is -2.40. The highest BCUT2D eigenvalue weighted by atomic mass is 19.1. The van der Waals surface area contributed by atoms with Gasteiger partial charge in [0.2, 0.25) is 0 Å². The van der Waals surface area contributed by atoms with E-state index in [9.17, 15) is 14.0 Å². The summed E-state index contributed by atoms with van der Waals surface area (Å²) < 4.78 is 24.3. The topological polar surface area (TPSA) is 101 Å². The van der Waals surface area contributed by atoms with Crippen molar-refractivity contribution >= 4 is 5.91 Å². The normalized spacial score (nSPS) is 14.7. The van der Waals surface area contributed by atoms with Crippen LogP contribution in [0.2, 0.25) is 0 Å². The number of likely N-dealkylation sites (tertiary alicyclic amines) is 1. The van der Waals surface area contributed by atoms with Crippen LogP contribution in [0.4, 0.5) is 4.39 Å². The molecule has 1 N–H and O–H groups in total. The maximum Gasteiger partial charge on any atom is 0.264 e. The van der Waals surface area contributed by atoms with E-state index in [0.29, 0.717) is 42.9 Å². The van der Waals surface area contributed by atoms with Crippen LogP contribution in [0.15, 0.2) is 45.7 Å². The molecule has 156 valence electrons. The summed E-state index contributed by atoms with van der Waals surface area (Å²) in [6.45, 7) is 2.62. The van der Waals surface area contributed by atoms with Crippen LogP contribution >= 0.6 is 0 Å². The number of nitrogens with one attached hydrogen (secondary N) is 1. The molecule has 0 atom stereocenters. The predicted octanol–water partition coefficient (Wildman–Crippen LogP) is 2.66. The lowest BCUT2D eigenvalue weighted by Gasteiger charge is -2.32. The molecule has 0 bridgehead atoms. The van der Waals surface area contributed by atoms with Gasteiger partial charge in [0.05, 0.1) is 11.4 Å². The number of hydrogen-bond acceptors (Lipinski definition) is 6. The molecule has 3 heterocycles. The molecule has 1 aliphatic rings. The maximum atomic E-state index is 13.6. The number of halogens is 1. The van der Waals surface area contributed by atoms with Crippen molar-refractivity contribution in [2.24, 2.45) is 0 Å². The third-order valence-electron chi connectivity index (χ3n) is 5.15.